The van der Waals surface area contributed by atoms with Gasteiger partial charge in [0.2, 0.25) is 5.91 Å². The summed E-state index contributed by atoms with van der Waals surface area (Å²) in [5.41, 5.74) is 1.05. The summed E-state index contributed by atoms with van der Waals surface area (Å²) in [4.78, 5) is 40.6. The average Bonchev–Trinajstić information content (AvgIpc) is 2.63. The van der Waals surface area contributed by atoms with Crippen molar-refractivity contribution in [1.82, 2.24) is 9.80 Å². The van der Waals surface area contributed by atoms with Crippen LogP contribution in [0.5, 0.6) is 0 Å². The van der Waals surface area contributed by atoms with Gasteiger partial charge >= 0.3 is 0 Å². The summed E-state index contributed by atoms with van der Waals surface area (Å²) in [6, 6.07) is 10.9. The number of imide groups is 1. The Morgan fingerprint density at radius 1 is 1.04 bits per heavy atom. The zero-order chi connectivity index (χ0) is 18.0. The molecular weight excluding hydrogens is 316 g/mol. The summed E-state index contributed by atoms with van der Waals surface area (Å²) in [6.45, 7) is 2.87. The Morgan fingerprint density at radius 3 is 2.20 bits per heavy atom. The fourth-order valence-corrected chi connectivity index (χ4v) is 3.20. The van der Waals surface area contributed by atoms with Crippen molar-refractivity contribution < 1.29 is 14.4 Å². The van der Waals surface area contributed by atoms with Crippen LogP contribution < -0.4 is 0 Å². The van der Waals surface area contributed by atoms with Gasteiger partial charge < -0.3 is 4.90 Å². The fraction of sp³-hybridized carbons (Fsp3) is 0.350. The highest BCUT2D eigenvalue weighted by molar-refractivity contribution is 6.25. The van der Waals surface area contributed by atoms with Crippen molar-refractivity contribution in [2.75, 3.05) is 20.1 Å². The quantitative estimate of drug-likeness (QED) is 0.761. The minimum atomic E-state index is -0.321. The molecule has 130 valence electrons. The van der Waals surface area contributed by atoms with E-state index in [0.717, 1.165) is 18.2 Å². The highest BCUT2D eigenvalue weighted by Crippen LogP contribution is 2.29. The molecule has 5 heteroatoms. The molecule has 0 atom stereocenters. The smallest absolute Gasteiger partial charge is 0.261 e. The SMILES string of the molecule is CCCCN(C)C(=O)CCN1C(=O)c2cccc3cccc(c23)C1=O. The fourth-order valence-electron chi connectivity index (χ4n) is 3.20. The zero-order valence-corrected chi connectivity index (χ0v) is 14.6. The van der Waals surface area contributed by atoms with Gasteiger partial charge in [-0.05, 0) is 23.9 Å². The van der Waals surface area contributed by atoms with E-state index in [1.54, 1.807) is 24.1 Å². The minimum Gasteiger partial charge on any atom is -0.346 e. The van der Waals surface area contributed by atoms with Crippen molar-refractivity contribution in [3.8, 4) is 0 Å². The van der Waals surface area contributed by atoms with Crippen LogP contribution in [0, 0.1) is 0 Å². The van der Waals surface area contributed by atoms with E-state index in [0.29, 0.717) is 23.1 Å². The number of hydrogen-bond donors (Lipinski definition) is 0. The Labute approximate surface area is 147 Å². The molecule has 0 spiro atoms. The molecule has 1 aliphatic heterocycles. The second-order valence-electron chi connectivity index (χ2n) is 6.39. The molecule has 1 heterocycles. The molecule has 2 aromatic carbocycles. The van der Waals surface area contributed by atoms with Gasteiger partial charge in [-0.25, -0.2) is 0 Å². The first kappa shape index (κ1) is 17.1. The van der Waals surface area contributed by atoms with E-state index in [1.807, 2.05) is 24.3 Å². The highest BCUT2D eigenvalue weighted by Gasteiger charge is 2.32. The summed E-state index contributed by atoms with van der Waals surface area (Å²) < 4.78 is 0. The molecule has 1 aliphatic rings. The largest absolute Gasteiger partial charge is 0.346 e. The second kappa shape index (κ2) is 7.05. The lowest BCUT2D eigenvalue weighted by Crippen LogP contribution is -2.42. The maximum Gasteiger partial charge on any atom is 0.261 e. The number of hydrogen-bond acceptors (Lipinski definition) is 3. The van der Waals surface area contributed by atoms with Crippen LogP contribution in [0.3, 0.4) is 0 Å². The Balaban J connectivity index is 1.80. The van der Waals surface area contributed by atoms with Gasteiger partial charge in [-0.3, -0.25) is 19.3 Å². The van der Waals surface area contributed by atoms with Gasteiger partial charge in [0, 0.05) is 43.1 Å². The summed E-state index contributed by atoms with van der Waals surface area (Å²) in [7, 11) is 1.76. The molecule has 5 nitrogen and oxygen atoms in total. The standard InChI is InChI=1S/C20H22N2O3/c1-3-4-12-21(2)17(23)11-13-22-19(24)15-9-5-7-14-8-6-10-16(18(14)15)20(22)25/h5-10H,3-4,11-13H2,1-2H3. The number of unbranched alkanes of at least 4 members (excludes halogenated alkanes) is 1. The maximum absolute atomic E-state index is 12.7. The summed E-state index contributed by atoms with van der Waals surface area (Å²) >= 11 is 0. The molecule has 0 aliphatic carbocycles. The Kier molecular flexibility index (Phi) is 4.83. The van der Waals surface area contributed by atoms with Crippen LogP contribution in [-0.2, 0) is 4.79 Å². The molecular formula is C20H22N2O3. The number of amides is 3. The maximum atomic E-state index is 12.7. The lowest BCUT2D eigenvalue weighted by molar-refractivity contribution is -0.130. The van der Waals surface area contributed by atoms with Crippen LogP contribution in [0.2, 0.25) is 0 Å². The second-order valence-corrected chi connectivity index (χ2v) is 6.39. The van der Waals surface area contributed by atoms with Gasteiger partial charge in [-0.15, -0.1) is 0 Å². The summed E-state index contributed by atoms with van der Waals surface area (Å²) in [5.74, 6) is -0.692. The van der Waals surface area contributed by atoms with Gasteiger partial charge in [-0.1, -0.05) is 37.6 Å². The molecule has 3 rings (SSSR count). The number of carbonyl (C=O) groups excluding carboxylic acids is 3. The van der Waals surface area contributed by atoms with Crippen molar-refractivity contribution in [3.05, 3.63) is 47.5 Å². The topological polar surface area (TPSA) is 57.7 Å². The monoisotopic (exact) mass is 338 g/mol. The first-order valence-electron chi connectivity index (χ1n) is 8.66. The molecule has 0 aromatic heterocycles. The molecule has 0 bridgehead atoms. The van der Waals surface area contributed by atoms with Crippen LogP contribution in [0.1, 0.15) is 46.9 Å². The predicted octanol–water partition coefficient (Wildman–Crippen LogP) is 3.08. The van der Waals surface area contributed by atoms with Crippen LogP contribution >= 0.6 is 0 Å². The zero-order valence-electron chi connectivity index (χ0n) is 14.6. The molecule has 0 unspecified atom stereocenters. The van der Waals surface area contributed by atoms with Crippen LogP contribution in [-0.4, -0.2) is 47.7 Å². The van der Waals surface area contributed by atoms with Crippen LogP contribution in [0.15, 0.2) is 36.4 Å². The van der Waals surface area contributed by atoms with E-state index in [9.17, 15) is 14.4 Å². The Morgan fingerprint density at radius 2 is 1.64 bits per heavy atom. The molecule has 0 saturated heterocycles. The average molecular weight is 338 g/mol. The van der Waals surface area contributed by atoms with Crippen LogP contribution in [0.4, 0.5) is 0 Å². The highest BCUT2D eigenvalue weighted by atomic mass is 16.2. The summed E-state index contributed by atoms with van der Waals surface area (Å²) in [6.07, 6.45) is 2.11. The predicted molar refractivity (Wildman–Crippen MR) is 96.5 cm³/mol. The van der Waals surface area contributed by atoms with Crippen molar-refractivity contribution in [1.29, 1.82) is 0 Å². The van der Waals surface area contributed by atoms with Gasteiger partial charge in [0.1, 0.15) is 0 Å². The van der Waals surface area contributed by atoms with E-state index < -0.39 is 0 Å². The minimum absolute atomic E-state index is 0.0499. The van der Waals surface area contributed by atoms with Crippen molar-refractivity contribution in [3.63, 3.8) is 0 Å². The lowest BCUT2D eigenvalue weighted by Gasteiger charge is -2.27. The van der Waals surface area contributed by atoms with E-state index >= 15 is 0 Å². The first-order valence-corrected chi connectivity index (χ1v) is 8.66. The molecule has 3 amide bonds. The molecule has 2 aromatic rings. The van der Waals surface area contributed by atoms with Gasteiger partial charge in [0.05, 0.1) is 0 Å². The van der Waals surface area contributed by atoms with Gasteiger partial charge in [0.15, 0.2) is 0 Å². The molecule has 0 fully saturated rings. The third-order valence-corrected chi connectivity index (χ3v) is 4.68. The van der Waals surface area contributed by atoms with E-state index in [2.05, 4.69) is 6.92 Å². The number of nitrogens with zero attached hydrogens (tertiary/aromatic N) is 2. The third kappa shape index (κ3) is 3.14. The molecule has 25 heavy (non-hydrogen) atoms. The molecule has 0 radical (unpaired) electrons. The van der Waals surface area contributed by atoms with E-state index in [-0.39, 0.29) is 30.7 Å². The number of benzene rings is 2. The van der Waals surface area contributed by atoms with Crippen molar-refractivity contribution >= 4 is 28.5 Å². The molecule has 0 N–H and O–H groups in total. The van der Waals surface area contributed by atoms with E-state index in [4.69, 9.17) is 0 Å². The normalized spacial score (nSPS) is 13.4. The van der Waals surface area contributed by atoms with Gasteiger partial charge in [-0.2, -0.15) is 0 Å². The van der Waals surface area contributed by atoms with Crippen molar-refractivity contribution in [2.45, 2.75) is 26.2 Å². The first-order chi connectivity index (χ1) is 12.0. The van der Waals surface area contributed by atoms with Crippen LogP contribution in [0.25, 0.3) is 10.8 Å². The third-order valence-electron chi connectivity index (χ3n) is 4.68. The Hall–Kier alpha value is -2.69. The van der Waals surface area contributed by atoms with Crippen molar-refractivity contribution in [2.24, 2.45) is 0 Å². The number of rotatable bonds is 6. The van der Waals surface area contributed by atoms with Gasteiger partial charge in [0.25, 0.3) is 11.8 Å². The number of carbonyl (C=O) groups is 3. The van der Waals surface area contributed by atoms with E-state index in [1.165, 1.54) is 4.90 Å². The summed E-state index contributed by atoms with van der Waals surface area (Å²) in [5, 5.41) is 1.59. The molecule has 0 saturated carbocycles. The Bertz CT molecular complexity index is 793. The lowest BCUT2D eigenvalue weighted by atomic mass is 9.94.